The maximum absolute atomic E-state index is 9.52. The summed E-state index contributed by atoms with van der Waals surface area (Å²) < 4.78 is 0. The van der Waals surface area contributed by atoms with Crippen LogP contribution in [0.2, 0.25) is 0 Å². The molecule has 0 spiro atoms. The molecule has 11 heavy (non-hydrogen) atoms. The zero-order valence-electron chi connectivity index (χ0n) is 7.51. The fourth-order valence-electron chi connectivity index (χ4n) is 2.01. The van der Waals surface area contributed by atoms with Crippen molar-refractivity contribution in [1.29, 1.82) is 0 Å². The molecule has 2 atom stereocenters. The van der Waals surface area contributed by atoms with Crippen molar-refractivity contribution >= 4 is 0 Å². The van der Waals surface area contributed by atoms with Crippen LogP contribution in [0.1, 0.15) is 39.5 Å². The predicted molar refractivity (Wildman–Crippen MR) is 46.2 cm³/mol. The Morgan fingerprint density at radius 3 is 2.45 bits per heavy atom. The molecule has 2 nitrogen and oxygen atoms in total. The van der Waals surface area contributed by atoms with Gasteiger partial charge in [-0.2, -0.15) is 0 Å². The molecular weight excluding hydrogens is 138 g/mol. The van der Waals surface area contributed by atoms with Gasteiger partial charge in [0.25, 0.3) is 0 Å². The van der Waals surface area contributed by atoms with Gasteiger partial charge < -0.3 is 10.8 Å². The Morgan fingerprint density at radius 2 is 2.09 bits per heavy atom. The van der Waals surface area contributed by atoms with Crippen LogP contribution in [0.3, 0.4) is 0 Å². The molecule has 0 bridgehead atoms. The minimum Gasteiger partial charge on any atom is -0.390 e. The Hall–Kier alpha value is -0.0800. The third-order valence-corrected chi connectivity index (χ3v) is 2.37. The van der Waals surface area contributed by atoms with E-state index in [0.717, 1.165) is 19.3 Å². The average molecular weight is 157 g/mol. The van der Waals surface area contributed by atoms with Crippen molar-refractivity contribution < 1.29 is 5.11 Å². The fourth-order valence-corrected chi connectivity index (χ4v) is 2.01. The summed E-state index contributed by atoms with van der Waals surface area (Å²) in [6, 6.07) is 0.391. The smallest absolute Gasteiger partial charge is 0.0594 e. The molecule has 0 aromatic heterocycles. The second kappa shape index (κ2) is 3.11. The molecule has 1 rings (SSSR count). The Morgan fingerprint density at radius 1 is 1.45 bits per heavy atom. The second-order valence-corrected chi connectivity index (χ2v) is 4.46. The Kier molecular flexibility index (Phi) is 2.55. The maximum atomic E-state index is 9.52. The highest BCUT2D eigenvalue weighted by Gasteiger charge is 2.26. The Balaban J connectivity index is 2.29. The number of hydrogen-bond donors (Lipinski definition) is 2. The molecule has 1 aliphatic rings. The lowest BCUT2D eigenvalue weighted by Gasteiger charge is -2.21. The second-order valence-electron chi connectivity index (χ2n) is 4.46. The predicted octanol–water partition coefficient (Wildman–Crippen LogP) is 1.27. The largest absolute Gasteiger partial charge is 0.390 e. The first-order valence-electron chi connectivity index (χ1n) is 4.45. The third-order valence-electron chi connectivity index (χ3n) is 2.37. The molecule has 66 valence electrons. The molecule has 2 heteroatoms. The number of nitrogens with two attached hydrogens (primary N) is 1. The van der Waals surface area contributed by atoms with Crippen molar-refractivity contribution in [1.82, 2.24) is 0 Å². The topological polar surface area (TPSA) is 46.2 Å². The summed E-state index contributed by atoms with van der Waals surface area (Å²) in [4.78, 5) is 0. The van der Waals surface area contributed by atoms with Gasteiger partial charge in [0.05, 0.1) is 5.60 Å². The molecule has 0 heterocycles. The van der Waals surface area contributed by atoms with Crippen LogP contribution in [0.4, 0.5) is 0 Å². The van der Waals surface area contributed by atoms with Gasteiger partial charge in [-0.05, 0) is 45.4 Å². The van der Waals surface area contributed by atoms with E-state index < -0.39 is 5.60 Å². The van der Waals surface area contributed by atoms with E-state index in [9.17, 15) is 5.11 Å². The summed E-state index contributed by atoms with van der Waals surface area (Å²) in [5.74, 6) is 0.657. The van der Waals surface area contributed by atoms with Crippen molar-refractivity contribution in [2.45, 2.75) is 51.2 Å². The molecule has 1 saturated carbocycles. The van der Waals surface area contributed by atoms with Crippen LogP contribution in [0.5, 0.6) is 0 Å². The van der Waals surface area contributed by atoms with Crippen LogP contribution in [-0.2, 0) is 0 Å². The fraction of sp³-hybridized carbons (Fsp3) is 1.00. The van der Waals surface area contributed by atoms with E-state index in [1.54, 1.807) is 0 Å². The van der Waals surface area contributed by atoms with Gasteiger partial charge in [-0.25, -0.2) is 0 Å². The zero-order chi connectivity index (χ0) is 8.48. The summed E-state index contributed by atoms with van der Waals surface area (Å²) in [6.07, 6.45) is 4.34. The molecular formula is C9H19NO. The lowest BCUT2D eigenvalue weighted by atomic mass is 9.92. The van der Waals surface area contributed by atoms with Gasteiger partial charge in [-0.15, -0.1) is 0 Å². The first kappa shape index (κ1) is 9.01. The van der Waals surface area contributed by atoms with Crippen LogP contribution < -0.4 is 5.73 Å². The van der Waals surface area contributed by atoms with E-state index in [1.807, 2.05) is 13.8 Å². The molecule has 0 aliphatic heterocycles. The lowest BCUT2D eigenvalue weighted by molar-refractivity contribution is 0.0533. The van der Waals surface area contributed by atoms with Crippen LogP contribution in [0, 0.1) is 5.92 Å². The molecule has 3 N–H and O–H groups in total. The van der Waals surface area contributed by atoms with E-state index >= 15 is 0 Å². The summed E-state index contributed by atoms with van der Waals surface area (Å²) in [6.45, 7) is 3.74. The van der Waals surface area contributed by atoms with E-state index in [0.29, 0.717) is 12.0 Å². The first-order valence-corrected chi connectivity index (χ1v) is 4.45. The Bertz CT molecular complexity index is 128. The maximum Gasteiger partial charge on any atom is 0.0594 e. The average Bonchev–Trinajstić information content (AvgIpc) is 2.10. The van der Waals surface area contributed by atoms with Crippen LogP contribution in [0.15, 0.2) is 0 Å². The van der Waals surface area contributed by atoms with Crippen LogP contribution >= 0.6 is 0 Å². The molecule has 0 aromatic carbocycles. The van der Waals surface area contributed by atoms with Crippen LogP contribution in [-0.4, -0.2) is 16.7 Å². The summed E-state index contributed by atoms with van der Waals surface area (Å²) in [7, 11) is 0. The first-order chi connectivity index (χ1) is 4.97. The van der Waals surface area contributed by atoms with E-state index in [2.05, 4.69) is 0 Å². The van der Waals surface area contributed by atoms with Crippen molar-refractivity contribution in [3.8, 4) is 0 Å². The number of rotatable bonds is 2. The normalized spacial score (nSPS) is 32.7. The Labute approximate surface area is 68.8 Å². The quantitative estimate of drug-likeness (QED) is 0.634. The van der Waals surface area contributed by atoms with Crippen molar-refractivity contribution in [2.24, 2.45) is 11.7 Å². The third kappa shape index (κ3) is 3.21. The molecule has 0 aromatic rings. The highest BCUT2D eigenvalue weighted by atomic mass is 16.3. The minimum absolute atomic E-state index is 0.391. The van der Waals surface area contributed by atoms with Gasteiger partial charge in [0.15, 0.2) is 0 Å². The van der Waals surface area contributed by atoms with Gasteiger partial charge in [-0.1, -0.05) is 0 Å². The summed E-state index contributed by atoms with van der Waals surface area (Å²) in [5.41, 5.74) is 5.26. The number of aliphatic hydroxyl groups is 1. The monoisotopic (exact) mass is 157 g/mol. The van der Waals surface area contributed by atoms with E-state index in [-0.39, 0.29) is 0 Å². The van der Waals surface area contributed by atoms with Gasteiger partial charge >= 0.3 is 0 Å². The molecule has 0 radical (unpaired) electrons. The molecule has 1 fully saturated rings. The standard InChI is InChI=1S/C9H19NO/c1-9(2,11)6-7-3-4-8(10)5-7/h7-8,11H,3-6,10H2,1-2H3. The molecule has 2 unspecified atom stereocenters. The highest BCUT2D eigenvalue weighted by molar-refractivity contribution is 4.82. The number of hydrogen-bond acceptors (Lipinski definition) is 2. The van der Waals surface area contributed by atoms with Gasteiger partial charge in [0.1, 0.15) is 0 Å². The molecule has 0 saturated heterocycles. The summed E-state index contributed by atoms with van der Waals surface area (Å²) >= 11 is 0. The van der Waals surface area contributed by atoms with E-state index in [1.165, 1.54) is 6.42 Å². The van der Waals surface area contributed by atoms with E-state index in [4.69, 9.17) is 5.73 Å². The van der Waals surface area contributed by atoms with Gasteiger partial charge in [-0.3, -0.25) is 0 Å². The zero-order valence-corrected chi connectivity index (χ0v) is 7.51. The van der Waals surface area contributed by atoms with Crippen LogP contribution in [0.25, 0.3) is 0 Å². The van der Waals surface area contributed by atoms with Gasteiger partial charge in [0, 0.05) is 6.04 Å². The molecule has 0 amide bonds. The lowest BCUT2D eigenvalue weighted by Crippen LogP contribution is -2.23. The van der Waals surface area contributed by atoms with Crippen molar-refractivity contribution in [2.75, 3.05) is 0 Å². The van der Waals surface area contributed by atoms with Gasteiger partial charge in [0.2, 0.25) is 0 Å². The SMILES string of the molecule is CC(C)(O)CC1CCC(N)C1. The minimum atomic E-state index is -0.505. The summed E-state index contributed by atoms with van der Waals surface area (Å²) in [5, 5.41) is 9.52. The van der Waals surface area contributed by atoms with Crippen molar-refractivity contribution in [3.05, 3.63) is 0 Å². The molecule has 1 aliphatic carbocycles. The van der Waals surface area contributed by atoms with Crippen molar-refractivity contribution in [3.63, 3.8) is 0 Å². The highest BCUT2D eigenvalue weighted by Crippen LogP contribution is 2.30.